The van der Waals surface area contributed by atoms with Crippen LogP contribution in [0.1, 0.15) is 54.9 Å². The molecule has 0 aromatic carbocycles. The van der Waals surface area contributed by atoms with Gasteiger partial charge < -0.3 is 4.90 Å². The van der Waals surface area contributed by atoms with Gasteiger partial charge in [-0.15, -0.1) is 0 Å². The van der Waals surface area contributed by atoms with Crippen molar-refractivity contribution < 1.29 is 8.42 Å². The van der Waals surface area contributed by atoms with Crippen molar-refractivity contribution >= 4 is 10.0 Å². The van der Waals surface area contributed by atoms with E-state index in [1.165, 1.54) is 4.31 Å². The molecular formula is C15H34N2O2S. The molecule has 0 radical (unpaired) electrons. The molecule has 0 amide bonds. The molecular weight excluding hydrogens is 272 g/mol. The maximum absolute atomic E-state index is 12.7. The van der Waals surface area contributed by atoms with Crippen LogP contribution in [0.2, 0.25) is 0 Å². The van der Waals surface area contributed by atoms with Gasteiger partial charge in [-0.2, -0.15) is 0 Å². The average molecular weight is 307 g/mol. The van der Waals surface area contributed by atoms with Crippen molar-refractivity contribution in [3.8, 4) is 0 Å². The van der Waals surface area contributed by atoms with Crippen LogP contribution in [0.15, 0.2) is 0 Å². The van der Waals surface area contributed by atoms with E-state index in [9.17, 15) is 8.42 Å². The van der Waals surface area contributed by atoms with Crippen LogP contribution in [0, 0.1) is 5.41 Å². The van der Waals surface area contributed by atoms with Gasteiger partial charge in [0.2, 0.25) is 10.0 Å². The largest absolute Gasteiger partial charge is 0.303 e. The first-order valence-corrected chi connectivity index (χ1v) is 8.99. The topological polar surface area (TPSA) is 40.6 Å². The van der Waals surface area contributed by atoms with E-state index in [1.54, 1.807) is 7.05 Å². The predicted molar refractivity (Wildman–Crippen MR) is 87.5 cm³/mol. The molecule has 0 saturated carbocycles. The van der Waals surface area contributed by atoms with Crippen LogP contribution in [0.5, 0.6) is 0 Å². The molecule has 0 aliphatic carbocycles. The lowest BCUT2D eigenvalue weighted by Crippen LogP contribution is -2.47. The molecule has 0 aromatic heterocycles. The molecule has 20 heavy (non-hydrogen) atoms. The van der Waals surface area contributed by atoms with Crippen LogP contribution in [0.25, 0.3) is 0 Å². The van der Waals surface area contributed by atoms with Crippen LogP contribution in [-0.2, 0) is 10.0 Å². The first-order valence-electron chi connectivity index (χ1n) is 7.55. The SMILES string of the molecule is CCN(CC)CCN(C)S(=O)(=O)C(C)(C)CC(C)(C)C. The van der Waals surface area contributed by atoms with Crippen LogP contribution < -0.4 is 0 Å². The maximum Gasteiger partial charge on any atom is 0.219 e. The summed E-state index contributed by atoms with van der Waals surface area (Å²) in [6.07, 6.45) is 0.651. The van der Waals surface area contributed by atoms with Gasteiger partial charge in [0.1, 0.15) is 0 Å². The molecule has 0 bridgehead atoms. The van der Waals surface area contributed by atoms with Crippen LogP contribution >= 0.6 is 0 Å². The van der Waals surface area contributed by atoms with E-state index >= 15 is 0 Å². The summed E-state index contributed by atoms with van der Waals surface area (Å²) >= 11 is 0. The molecule has 0 rings (SSSR count). The lowest BCUT2D eigenvalue weighted by atomic mass is 9.86. The van der Waals surface area contributed by atoms with E-state index in [0.717, 1.165) is 19.6 Å². The fourth-order valence-electron chi connectivity index (χ4n) is 2.73. The van der Waals surface area contributed by atoms with Gasteiger partial charge in [0.15, 0.2) is 0 Å². The zero-order valence-corrected chi connectivity index (χ0v) is 15.5. The number of rotatable bonds is 8. The summed E-state index contributed by atoms with van der Waals surface area (Å²) in [6, 6.07) is 0. The summed E-state index contributed by atoms with van der Waals surface area (Å²) in [5, 5.41) is 0. The Labute approximate surface area is 126 Å². The Balaban J connectivity index is 4.86. The standard InChI is InChI=1S/C15H34N2O2S/c1-9-17(10-2)12-11-16(8)20(18,19)15(6,7)13-14(3,4)5/h9-13H2,1-8H3. The molecule has 0 N–H and O–H groups in total. The van der Waals surface area contributed by atoms with Crippen molar-refractivity contribution in [2.75, 3.05) is 33.2 Å². The monoisotopic (exact) mass is 306 g/mol. The minimum Gasteiger partial charge on any atom is -0.303 e. The van der Waals surface area contributed by atoms with Crippen molar-refractivity contribution in [2.45, 2.75) is 59.6 Å². The molecule has 0 heterocycles. The van der Waals surface area contributed by atoms with Crippen LogP contribution in [-0.4, -0.2) is 55.6 Å². The maximum atomic E-state index is 12.7. The minimum atomic E-state index is -3.28. The Morgan fingerprint density at radius 2 is 1.35 bits per heavy atom. The number of likely N-dealkylation sites (N-methyl/N-ethyl adjacent to an activating group) is 2. The van der Waals surface area contributed by atoms with Gasteiger partial charge in [-0.1, -0.05) is 34.6 Å². The number of nitrogens with zero attached hydrogens (tertiary/aromatic N) is 2. The summed E-state index contributed by atoms with van der Waals surface area (Å²) in [5.74, 6) is 0. The van der Waals surface area contributed by atoms with Gasteiger partial charge >= 0.3 is 0 Å². The highest BCUT2D eigenvalue weighted by Gasteiger charge is 2.40. The average Bonchev–Trinajstić information content (AvgIpc) is 2.26. The molecule has 0 aromatic rings. The van der Waals surface area contributed by atoms with E-state index in [4.69, 9.17) is 0 Å². The molecule has 5 heteroatoms. The van der Waals surface area contributed by atoms with Gasteiger partial charge in [0, 0.05) is 20.1 Å². The van der Waals surface area contributed by atoms with Crippen molar-refractivity contribution in [3.63, 3.8) is 0 Å². The summed E-state index contributed by atoms with van der Waals surface area (Å²) in [4.78, 5) is 2.24. The molecule has 0 aliphatic heterocycles. The highest BCUT2D eigenvalue weighted by atomic mass is 32.2. The second-order valence-electron chi connectivity index (χ2n) is 7.35. The second kappa shape index (κ2) is 7.23. The Hall–Kier alpha value is -0.130. The molecule has 0 unspecified atom stereocenters. The van der Waals surface area contributed by atoms with Gasteiger partial charge in [-0.05, 0) is 38.8 Å². The summed E-state index contributed by atoms with van der Waals surface area (Å²) in [5.41, 5.74) is -0.00369. The Bertz CT molecular complexity index is 379. The fourth-order valence-corrected chi connectivity index (χ4v) is 4.51. The molecule has 0 aliphatic rings. The quantitative estimate of drug-likeness (QED) is 0.692. The number of hydrogen-bond donors (Lipinski definition) is 0. The lowest BCUT2D eigenvalue weighted by molar-refractivity contribution is 0.274. The number of hydrogen-bond acceptors (Lipinski definition) is 3. The zero-order chi connectivity index (χ0) is 16.2. The Morgan fingerprint density at radius 1 is 0.900 bits per heavy atom. The summed E-state index contributed by atoms with van der Waals surface area (Å²) in [7, 11) is -1.58. The third-order valence-electron chi connectivity index (χ3n) is 3.69. The van der Waals surface area contributed by atoms with Crippen LogP contribution in [0.3, 0.4) is 0 Å². The highest BCUT2D eigenvalue weighted by Crippen LogP contribution is 2.33. The van der Waals surface area contributed by atoms with Gasteiger partial charge in [-0.25, -0.2) is 12.7 Å². The molecule has 0 spiro atoms. The van der Waals surface area contributed by atoms with E-state index in [2.05, 4.69) is 39.5 Å². The number of sulfonamides is 1. The Kier molecular flexibility index (Phi) is 7.18. The van der Waals surface area contributed by atoms with Gasteiger partial charge in [-0.3, -0.25) is 0 Å². The normalized spacial score (nSPS) is 14.3. The zero-order valence-electron chi connectivity index (χ0n) is 14.7. The molecule has 0 atom stereocenters. The van der Waals surface area contributed by atoms with E-state index < -0.39 is 14.8 Å². The first-order chi connectivity index (χ1) is 8.87. The third kappa shape index (κ3) is 5.70. The first kappa shape index (κ1) is 19.9. The molecule has 0 saturated heterocycles. The Morgan fingerprint density at radius 3 is 1.70 bits per heavy atom. The van der Waals surface area contributed by atoms with E-state index in [1.807, 2.05) is 13.8 Å². The van der Waals surface area contributed by atoms with Crippen molar-refractivity contribution in [3.05, 3.63) is 0 Å². The van der Waals surface area contributed by atoms with Gasteiger partial charge in [0.25, 0.3) is 0 Å². The van der Waals surface area contributed by atoms with Crippen molar-refractivity contribution in [1.82, 2.24) is 9.21 Å². The predicted octanol–water partition coefficient (Wildman–Crippen LogP) is 2.80. The molecule has 0 fully saturated rings. The highest BCUT2D eigenvalue weighted by molar-refractivity contribution is 7.90. The van der Waals surface area contributed by atoms with Crippen LogP contribution in [0.4, 0.5) is 0 Å². The van der Waals surface area contributed by atoms with E-state index in [0.29, 0.717) is 13.0 Å². The summed E-state index contributed by atoms with van der Waals surface area (Å²) in [6.45, 7) is 17.4. The minimum absolute atomic E-state index is 0.00369. The van der Waals surface area contributed by atoms with Crippen molar-refractivity contribution in [1.29, 1.82) is 0 Å². The second-order valence-corrected chi connectivity index (χ2v) is 10.0. The molecule has 122 valence electrons. The van der Waals surface area contributed by atoms with Crippen molar-refractivity contribution in [2.24, 2.45) is 5.41 Å². The summed E-state index contributed by atoms with van der Waals surface area (Å²) < 4.78 is 26.2. The van der Waals surface area contributed by atoms with Gasteiger partial charge in [0.05, 0.1) is 4.75 Å². The van der Waals surface area contributed by atoms with E-state index in [-0.39, 0.29) is 5.41 Å². The lowest BCUT2D eigenvalue weighted by Gasteiger charge is -2.35. The smallest absolute Gasteiger partial charge is 0.219 e. The molecule has 4 nitrogen and oxygen atoms in total. The fraction of sp³-hybridized carbons (Fsp3) is 1.00. The third-order valence-corrected chi connectivity index (χ3v) is 6.23.